The molecule has 0 aliphatic carbocycles. The predicted octanol–water partition coefficient (Wildman–Crippen LogP) is 4.90. The summed E-state index contributed by atoms with van der Waals surface area (Å²) in [7, 11) is 0. The van der Waals surface area contributed by atoms with Crippen LogP contribution in [-0.4, -0.2) is 94.8 Å². The van der Waals surface area contributed by atoms with Gasteiger partial charge in [0.1, 0.15) is 17.3 Å². The van der Waals surface area contributed by atoms with Crippen LogP contribution in [0.4, 0.5) is 26.4 Å². The number of morpholine rings is 1. The summed E-state index contributed by atoms with van der Waals surface area (Å²) in [6, 6.07) is 13.2. The zero-order chi connectivity index (χ0) is 31.5. The van der Waals surface area contributed by atoms with Crippen LogP contribution in [0.25, 0.3) is 22.4 Å². The molecule has 2 aliphatic rings. The Hall–Kier alpha value is -4.55. The van der Waals surface area contributed by atoms with E-state index in [1.54, 1.807) is 36.4 Å². The van der Waals surface area contributed by atoms with Crippen molar-refractivity contribution in [1.29, 1.82) is 0 Å². The molecular formula is C33H39FN8O3. The van der Waals surface area contributed by atoms with Crippen molar-refractivity contribution in [3.63, 3.8) is 0 Å². The molecule has 2 aliphatic heterocycles. The lowest BCUT2D eigenvalue weighted by Gasteiger charge is -2.37. The zero-order valence-corrected chi connectivity index (χ0v) is 25.9. The van der Waals surface area contributed by atoms with Crippen LogP contribution < -0.4 is 15.5 Å². The Balaban J connectivity index is 1.12. The van der Waals surface area contributed by atoms with Crippen molar-refractivity contribution in [2.75, 3.05) is 68.0 Å². The molecule has 2 fully saturated rings. The van der Waals surface area contributed by atoms with E-state index in [1.807, 2.05) is 28.7 Å². The molecule has 0 unspecified atom stereocenters. The lowest BCUT2D eigenvalue weighted by molar-refractivity contribution is 0.0595. The Kier molecular flexibility index (Phi) is 8.95. The molecule has 12 heteroatoms. The van der Waals surface area contributed by atoms with Crippen LogP contribution in [0.5, 0.6) is 0 Å². The SMILES string of the molecule is CCn1ccc2c(N3CCOCC3)nc(-c3ccc(NC(=O)Nc4ccc(C(=O)N5CCN(C(C)C)CC5)cc4)cc3F)nc21. The minimum absolute atomic E-state index is 0.0203. The summed E-state index contributed by atoms with van der Waals surface area (Å²) in [6.45, 7) is 12.8. The Morgan fingerprint density at radius 2 is 1.60 bits per heavy atom. The Morgan fingerprint density at radius 1 is 0.911 bits per heavy atom. The van der Waals surface area contributed by atoms with E-state index >= 15 is 4.39 Å². The molecule has 0 spiro atoms. The van der Waals surface area contributed by atoms with Gasteiger partial charge in [0, 0.05) is 75.0 Å². The average molecular weight is 615 g/mol. The van der Waals surface area contributed by atoms with Gasteiger partial charge in [-0.25, -0.2) is 19.2 Å². The molecule has 2 N–H and O–H groups in total. The average Bonchev–Trinajstić information content (AvgIpc) is 3.48. The summed E-state index contributed by atoms with van der Waals surface area (Å²) in [6.07, 6.45) is 1.97. The van der Waals surface area contributed by atoms with Crippen LogP contribution in [0.3, 0.4) is 0 Å². The predicted molar refractivity (Wildman–Crippen MR) is 173 cm³/mol. The fraction of sp³-hybridized carbons (Fsp3) is 0.394. The molecule has 0 atom stereocenters. The maximum Gasteiger partial charge on any atom is 0.323 e. The van der Waals surface area contributed by atoms with Gasteiger partial charge in [-0.15, -0.1) is 0 Å². The molecule has 4 aromatic rings. The third kappa shape index (κ3) is 6.62. The number of benzene rings is 2. The number of hydrogen-bond donors (Lipinski definition) is 2. The molecule has 0 bridgehead atoms. The van der Waals surface area contributed by atoms with Crippen molar-refractivity contribution in [3.05, 3.63) is 66.1 Å². The molecule has 2 saturated heterocycles. The second-order valence-corrected chi connectivity index (χ2v) is 11.6. The van der Waals surface area contributed by atoms with Crippen molar-refractivity contribution >= 4 is 40.2 Å². The monoisotopic (exact) mass is 614 g/mol. The number of aromatic nitrogens is 3. The van der Waals surface area contributed by atoms with Crippen LogP contribution in [0.2, 0.25) is 0 Å². The van der Waals surface area contributed by atoms with Gasteiger partial charge in [0.05, 0.1) is 24.2 Å². The highest BCUT2D eigenvalue weighted by Gasteiger charge is 2.24. The summed E-state index contributed by atoms with van der Waals surface area (Å²) in [5.41, 5.74) is 2.35. The van der Waals surface area contributed by atoms with Gasteiger partial charge in [-0.1, -0.05) is 0 Å². The van der Waals surface area contributed by atoms with E-state index in [0.717, 1.165) is 36.5 Å². The molecular weight excluding hydrogens is 575 g/mol. The first-order chi connectivity index (χ1) is 21.8. The number of fused-ring (bicyclic) bond motifs is 1. The van der Waals surface area contributed by atoms with E-state index < -0.39 is 11.8 Å². The Bertz CT molecular complexity index is 1680. The summed E-state index contributed by atoms with van der Waals surface area (Å²) < 4.78 is 23.0. The van der Waals surface area contributed by atoms with Gasteiger partial charge in [-0.05, 0) is 69.3 Å². The zero-order valence-electron chi connectivity index (χ0n) is 25.9. The number of amides is 3. The molecule has 2 aromatic heterocycles. The standard InChI is InChI=1S/C33H39FN8O3/c1-4-39-12-11-27-30(39)37-29(38-31(27)41-17-19-45-20-18-41)26-10-9-25(21-28(26)34)36-33(44)35-24-7-5-23(6-8-24)32(43)42-15-13-40(14-16-42)22(2)3/h5-12,21-22H,4,13-20H2,1-3H3,(H2,35,36,44). The number of piperazine rings is 1. The van der Waals surface area contributed by atoms with Crippen LogP contribution in [0, 0.1) is 5.82 Å². The van der Waals surface area contributed by atoms with Gasteiger partial charge in [0.2, 0.25) is 0 Å². The molecule has 6 rings (SSSR count). The number of hydrogen-bond acceptors (Lipinski definition) is 7. The maximum absolute atomic E-state index is 15.5. The number of nitrogens with zero attached hydrogens (tertiary/aromatic N) is 6. The number of nitrogens with one attached hydrogen (secondary N) is 2. The maximum atomic E-state index is 15.5. The van der Waals surface area contributed by atoms with Gasteiger partial charge < -0.3 is 29.7 Å². The first-order valence-corrected chi connectivity index (χ1v) is 15.5. The second kappa shape index (κ2) is 13.2. The van der Waals surface area contributed by atoms with Crippen LogP contribution in [0.1, 0.15) is 31.1 Å². The molecule has 2 aromatic carbocycles. The number of aryl methyl sites for hydroxylation is 1. The van der Waals surface area contributed by atoms with Gasteiger partial charge in [0.15, 0.2) is 5.82 Å². The number of carbonyl (C=O) groups excluding carboxylic acids is 2. The molecule has 11 nitrogen and oxygen atoms in total. The number of carbonyl (C=O) groups is 2. The normalized spacial score (nSPS) is 15.9. The fourth-order valence-corrected chi connectivity index (χ4v) is 5.83. The molecule has 3 amide bonds. The largest absolute Gasteiger partial charge is 0.378 e. The first-order valence-electron chi connectivity index (χ1n) is 15.5. The van der Waals surface area contributed by atoms with Crippen molar-refractivity contribution in [1.82, 2.24) is 24.3 Å². The highest BCUT2D eigenvalue weighted by molar-refractivity contribution is 6.00. The summed E-state index contributed by atoms with van der Waals surface area (Å²) >= 11 is 0. The molecule has 45 heavy (non-hydrogen) atoms. The minimum atomic E-state index is -0.549. The van der Waals surface area contributed by atoms with Crippen LogP contribution in [-0.2, 0) is 11.3 Å². The number of halogens is 1. The molecule has 0 saturated carbocycles. The van der Waals surface area contributed by atoms with E-state index in [1.165, 1.54) is 6.07 Å². The van der Waals surface area contributed by atoms with Gasteiger partial charge in [-0.2, -0.15) is 0 Å². The van der Waals surface area contributed by atoms with Crippen molar-refractivity contribution in [3.8, 4) is 11.4 Å². The van der Waals surface area contributed by atoms with Crippen molar-refractivity contribution in [2.45, 2.75) is 33.4 Å². The smallest absolute Gasteiger partial charge is 0.323 e. The highest BCUT2D eigenvalue weighted by Crippen LogP contribution is 2.31. The van der Waals surface area contributed by atoms with E-state index in [2.05, 4.69) is 34.3 Å². The van der Waals surface area contributed by atoms with E-state index in [-0.39, 0.29) is 23.0 Å². The topological polar surface area (TPSA) is 108 Å². The number of ether oxygens (including phenoxy) is 1. The lowest BCUT2D eigenvalue weighted by Crippen LogP contribution is -2.50. The molecule has 4 heterocycles. The lowest BCUT2D eigenvalue weighted by atomic mass is 10.1. The molecule has 0 radical (unpaired) electrons. The van der Waals surface area contributed by atoms with Crippen LogP contribution in [0.15, 0.2) is 54.7 Å². The first kappa shape index (κ1) is 30.5. The summed E-state index contributed by atoms with van der Waals surface area (Å²) in [4.78, 5) is 41.6. The fourth-order valence-electron chi connectivity index (χ4n) is 5.83. The minimum Gasteiger partial charge on any atom is -0.378 e. The third-order valence-electron chi connectivity index (χ3n) is 8.44. The van der Waals surface area contributed by atoms with E-state index in [4.69, 9.17) is 14.7 Å². The number of rotatable bonds is 7. The summed E-state index contributed by atoms with van der Waals surface area (Å²) in [5, 5.41) is 6.35. The number of anilines is 3. The highest BCUT2D eigenvalue weighted by atomic mass is 19.1. The molecule has 236 valence electrons. The van der Waals surface area contributed by atoms with Gasteiger partial charge in [0.25, 0.3) is 5.91 Å². The Labute approximate surface area is 262 Å². The van der Waals surface area contributed by atoms with Gasteiger partial charge in [-0.3, -0.25) is 9.69 Å². The van der Waals surface area contributed by atoms with Crippen LogP contribution >= 0.6 is 0 Å². The van der Waals surface area contributed by atoms with Crippen molar-refractivity contribution in [2.24, 2.45) is 0 Å². The number of urea groups is 1. The Morgan fingerprint density at radius 3 is 2.27 bits per heavy atom. The van der Waals surface area contributed by atoms with E-state index in [0.29, 0.717) is 56.7 Å². The second-order valence-electron chi connectivity index (χ2n) is 11.6. The van der Waals surface area contributed by atoms with Gasteiger partial charge >= 0.3 is 6.03 Å². The summed E-state index contributed by atoms with van der Waals surface area (Å²) in [5.74, 6) is 0.468. The third-order valence-corrected chi connectivity index (χ3v) is 8.44. The van der Waals surface area contributed by atoms with E-state index in [9.17, 15) is 9.59 Å². The van der Waals surface area contributed by atoms with Crippen molar-refractivity contribution < 1.29 is 18.7 Å². The quantitative estimate of drug-likeness (QED) is 0.305.